The molecule has 3 rings (SSSR count). The third kappa shape index (κ3) is 4.87. The van der Waals surface area contributed by atoms with Crippen LogP contribution in [0, 0.1) is 6.92 Å². The van der Waals surface area contributed by atoms with Gasteiger partial charge < -0.3 is 4.90 Å². The van der Waals surface area contributed by atoms with Crippen LogP contribution in [0.2, 0.25) is 5.02 Å². The fourth-order valence-corrected chi connectivity index (χ4v) is 3.80. The minimum Gasteiger partial charge on any atom is -0.336 e. The molecule has 27 heavy (non-hydrogen) atoms. The second kappa shape index (κ2) is 7.98. The third-order valence-electron chi connectivity index (χ3n) is 4.75. The molecular weight excluding hydrogens is 386 g/mol. The molecule has 0 aliphatic carbocycles. The number of primary sulfonamides is 1. The molecule has 2 aromatic carbocycles. The van der Waals surface area contributed by atoms with E-state index in [9.17, 15) is 13.2 Å². The summed E-state index contributed by atoms with van der Waals surface area (Å²) in [6, 6.07) is 12.2. The van der Waals surface area contributed by atoms with E-state index in [1.807, 2.05) is 24.3 Å². The maximum Gasteiger partial charge on any atom is 0.254 e. The van der Waals surface area contributed by atoms with Crippen LogP contribution < -0.4 is 5.14 Å². The number of hydrogen-bond acceptors (Lipinski definition) is 4. The molecule has 1 fully saturated rings. The molecule has 8 heteroatoms. The van der Waals surface area contributed by atoms with E-state index in [-0.39, 0.29) is 10.8 Å². The first-order valence-corrected chi connectivity index (χ1v) is 10.6. The average molecular weight is 408 g/mol. The van der Waals surface area contributed by atoms with E-state index in [1.165, 1.54) is 17.7 Å². The quantitative estimate of drug-likeness (QED) is 0.842. The number of amides is 1. The molecule has 0 aromatic heterocycles. The number of carbonyl (C=O) groups excluding carboxylic acids is 1. The Labute approximate surface area is 164 Å². The van der Waals surface area contributed by atoms with Crippen LogP contribution >= 0.6 is 11.6 Å². The molecule has 0 spiro atoms. The molecule has 2 aromatic rings. The molecule has 2 N–H and O–H groups in total. The highest BCUT2D eigenvalue weighted by Crippen LogP contribution is 2.18. The van der Waals surface area contributed by atoms with E-state index in [1.54, 1.807) is 17.9 Å². The van der Waals surface area contributed by atoms with Crippen molar-refractivity contribution in [1.29, 1.82) is 0 Å². The summed E-state index contributed by atoms with van der Waals surface area (Å²) in [5.41, 5.74) is 2.29. The zero-order valence-electron chi connectivity index (χ0n) is 15.1. The van der Waals surface area contributed by atoms with Gasteiger partial charge in [-0.1, -0.05) is 29.8 Å². The van der Waals surface area contributed by atoms with Gasteiger partial charge in [0.25, 0.3) is 5.91 Å². The minimum atomic E-state index is -3.84. The van der Waals surface area contributed by atoms with Gasteiger partial charge in [-0.2, -0.15) is 0 Å². The van der Waals surface area contributed by atoms with Crippen molar-refractivity contribution in [1.82, 2.24) is 9.80 Å². The van der Waals surface area contributed by atoms with Gasteiger partial charge in [0.15, 0.2) is 0 Å². The van der Waals surface area contributed by atoms with Gasteiger partial charge in [0.2, 0.25) is 10.0 Å². The largest absolute Gasteiger partial charge is 0.336 e. The lowest BCUT2D eigenvalue weighted by atomic mass is 10.1. The van der Waals surface area contributed by atoms with Crippen molar-refractivity contribution in [3.05, 3.63) is 64.2 Å². The first-order valence-electron chi connectivity index (χ1n) is 8.63. The molecule has 0 atom stereocenters. The van der Waals surface area contributed by atoms with Gasteiger partial charge in [0.1, 0.15) is 0 Å². The molecule has 0 radical (unpaired) electrons. The summed E-state index contributed by atoms with van der Waals surface area (Å²) in [4.78, 5) is 16.9. The molecule has 1 saturated heterocycles. The van der Waals surface area contributed by atoms with E-state index >= 15 is 0 Å². The van der Waals surface area contributed by atoms with Crippen molar-refractivity contribution in [3.63, 3.8) is 0 Å². The number of hydrogen-bond donors (Lipinski definition) is 1. The smallest absolute Gasteiger partial charge is 0.254 e. The fraction of sp³-hybridized carbons (Fsp3) is 0.316. The Morgan fingerprint density at radius 1 is 1.07 bits per heavy atom. The van der Waals surface area contributed by atoms with E-state index in [2.05, 4.69) is 4.90 Å². The summed E-state index contributed by atoms with van der Waals surface area (Å²) in [7, 11) is -3.84. The third-order valence-corrected chi connectivity index (χ3v) is 5.91. The van der Waals surface area contributed by atoms with Gasteiger partial charge in [-0.3, -0.25) is 9.69 Å². The van der Waals surface area contributed by atoms with Crippen molar-refractivity contribution < 1.29 is 13.2 Å². The first-order chi connectivity index (χ1) is 12.7. The van der Waals surface area contributed by atoms with E-state index in [0.717, 1.165) is 25.2 Å². The molecule has 1 heterocycles. The average Bonchev–Trinajstić information content (AvgIpc) is 2.63. The van der Waals surface area contributed by atoms with Gasteiger partial charge in [-0.15, -0.1) is 0 Å². The number of rotatable bonds is 4. The summed E-state index contributed by atoms with van der Waals surface area (Å²) in [5, 5.41) is 5.90. The van der Waals surface area contributed by atoms with Crippen LogP contribution in [-0.2, 0) is 16.6 Å². The second-order valence-corrected chi connectivity index (χ2v) is 8.71. The summed E-state index contributed by atoms with van der Waals surface area (Å²) in [6.45, 7) is 5.28. The Morgan fingerprint density at radius 2 is 1.70 bits per heavy atom. The maximum atomic E-state index is 12.9. The number of sulfonamides is 1. The van der Waals surface area contributed by atoms with Gasteiger partial charge in [-0.05, 0) is 42.3 Å². The Hall–Kier alpha value is -1.93. The molecule has 0 saturated carbocycles. The summed E-state index contributed by atoms with van der Waals surface area (Å²) < 4.78 is 23.1. The summed E-state index contributed by atoms with van der Waals surface area (Å²) in [5.74, 6) is -0.163. The fourth-order valence-electron chi connectivity index (χ4n) is 3.14. The van der Waals surface area contributed by atoms with Crippen molar-refractivity contribution >= 4 is 27.5 Å². The highest BCUT2D eigenvalue weighted by atomic mass is 35.5. The number of carbonyl (C=O) groups is 1. The number of nitrogens with two attached hydrogens (primary N) is 1. The van der Waals surface area contributed by atoms with E-state index < -0.39 is 10.0 Å². The number of halogens is 1. The van der Waals surface area contributed by atoms with Crippen LogP contribution in [0.25, 0.3) is 0 Å². The van der Waals surface area contributed by atoms with E-state index in [0.29, 0.717) is 23.7 Å². The summed E-state index contributed by atoms with van der Waals surface area (Å²) >= 11 is 5.92. The number of piperazine rings is 1. The first kappa shape index (κ1) is 19.8. The van der Waals surface area contributed by atoms with Crippen molar-refractivity contribution in [2.45, 2.75) is 18.4 Å². The van der Waals surface area contributed by atoms with Crippen LogP contribution in [0.5, 0.6) is 0 Å². The Balaban J connectivity index is 1.65. The van der Waals surface area contributed by atoms with Crippen LogP contribution in [0.15, 0.2) is 47.4 Å². The standard InChI is InChI=1S/C19H22ClN3O3S/c1-14-2-7-17(27(21,25)26)12-18(14)19(24)23-10-8-22(9-11-23)13-15-3-5-16(20)6-4-15/h2-7,12H,8-11,13H2,1H3,(H2,21,25,26). The normalized spacial score (nSPS) is 15.7. The predicted molar refractivity (Wildman–Crippen MR) is 105 cm³/mol. The Morgan fingerprint density at radius 3 is 2.30 bits per heavy atom. The molecular formula is C19H22ClN3O3S. The SMILES string of the molecule is Cc1ccc(S(N)(=O)=O)cc1C(=O)N1CCN(Cc2ccc(Cl)cc2)CC1. The zero-order chi connectivity index (χ0) is 19.6. The zero-order valence-corrected chi connectivity index (χ0v) is 16.6. The van der Waals surface area contributed by atoms with E-state index in [4.69, 9.17) is 16.7 Å². The molecule has 1 amide bonds. The lowest BCUT2D eigenvalue weighted by Gasteiger charge is -2.35. The van der Waals surface area contributed by atoms with Gasteiger partial charge in [0, 0.05) is 43.3 Å². The van der Waals surface area contributed by atoms with Gasteiger partial charge >= 0.3 is 0 Å². The number of benzene rings is 2. The van der Waals surface area contributed by atoms with Crippen LogP contribution in [0.4, 0.5) is 0 Å². The Kier molecular flexibility index (Phi) is 5.86. The predicted octanol–water partition coefficient (Wildman–Crippen LogP) is 2.25. The molecule has 0 unspecified atom stereocenters. The molecule has 0 bridgehead atoms. The highest BCUT2D eigenvalue weighted by Gasteiger charge is 2.24. The maximum absolute atomic E-state index is 12.9. The monoisotopic (exact) mass is 407 g/mol. The van der Waals surface area contributed by atoms with Crippen molar-refractivity contribution in [3.8, 4) is 0 Å². The topological polar surface area (TPSA) is 83.7 Å². The molecule has 1 aliphatic rings. The van der Waals surface area contributed by atoms with Crippen LogP contribution in [0.1, 0.15) is 21.5 Å². The summed E-state index contributed by atoms with van der Waals surface area (Å²) in [6.07, 6.45) is 0. The lowest BCUT2D eigenvalue weighted by Crippen LogP contribution is -2.48. The second-order valence-electron chi connectivity index (χ2n) is 6.72. The minimum absolute atomic E-state index is 0.0437. The van der Waals surface area contributed by atoms with Crippen LogP contribution in [0.3, 0.4) is 0 Å². The van der Waals surface area contributed by atoms with Crippen molar-refractivity contribution in [2.24, 2.45) is 5.14 Å². The van der Waals surface area contributed by atoms with Gasteiger partial charge in [-0.25, -0.2) is 13.6 Å². The highest BCUT2D eigenvalue weighted by molar-refractivity contribution is 7.89. The van der Waals surface area contributed by atoms with Crippen LogP contribution in [-0.4, -0.2) is 50.3 Å². The number of nitrogens with zero attached hydrogens (tertiary/aromatic N) is 2. The molecule has 144 valence electrons. The van der Waals surface area contributed by atoms with Gasteiger partial charge in [0.05, 0.1) is 4.90 Å². The van der Waals surface area contributed by atoms with Crippen molar-refractivity contribution in [2.75, 3.05) is 26.2 Å². The number of aryl methyl sites for hydroxylation is 1. The molecule has 6 nitrogen and oxygen atoms in total. The molecule has 1 aliphatic heterocycles. The lowest BCUT2D eigenvalue weighted by molar-refractivity contribution is 0.0627. The Bertz CT molecular complexity index is 937.